The zero-order chi connectivity index (χ0) is 41.0. The highest BCUT2D eigenvalue weighted by molar-refractivity contribution is 6.09. The summed E-state index contributed by atoms with van der Waals surface area (Å²) in [5.41, 5.74) is 15.0. The third-order valence-electron chi connectivity index (χ3n) is 12.5. The Morgan fingerprint density at radius 3 is 1.35 bits per heavy atom. The van der Waals surface area contributed by atoms with Gasteiger partial charge in [0.05, 0.1) is 16.4 Å². The Hall–Kier alpha value is -8.21. The molecule has 0 N–H and O–H groups in total. The average molecular weight is 791 g/mol. The standard InChI is InChI=1S/C58H38N4/c1-5-19-40(20-6-1)55-59-56(41-21-7-2-8-22-41)61-57(60-55)49-37-42(39-33-35-45(36-34-39)62-52-31-17-14-27-46(52)47-28-15-18-32-53(47)62)38-51-54(49)48-29-13-16-30-50(48)58(51,43-23-9-3-10-24-43)44-25-11-4-12-26-44/h1-38H. The predicted octanol–water partition coefficient (Wildman–Crippen LogP) is 14.0. The second-order valence-electron chi connectivity index (χ2n) is 15.9. The van der Waals surface area contributed by atoms with Crippen LogP contribution in [0.25, 0.3) is 83.9 Å². The van der Waals surface area contributed by atoms with Gasteiger partial charge in [-0.05, 0) is 80.9 Å². The third-order valence-corrected chi connectivity index (χ3v) is 12.5. The number of hydrogen-bond acceptors (Lipinski definition) is 3. The summed E-state index contributed by atoms with van der Waals surface area (Å²) in [7, 11) is 0. The van der Waals surface area contributed by atoms with Crippen molar-refractivity contribution in [3.8, 4) is 62.1 Å². The largest absolute Gasteiger partial charge is 0.309 e. The Bertz CT molecular complexity index is 3280. The summed E-state index contributed by atoms with van der Waals surface area (Å²) < 4.78 is 2.37. The maximum atomic E-state index is 5.36. The molecule has 0 fully saturated rings. The van der Waals surface area contributed by atoms with E-state index in [-0.39, 0.29) is 0 Å². The van der Waals surface area contributed by atoms with E-state index < -0.39 is 5.41 Å². The molecule has 4 nitrogen and oxygen atoms in total. The van der Waals surface area contributed by atoms with Gasteiger partial charge in [-0.3, -0.25) is 0 Å². The molecule has 0 spiro atoms. The van der Waals surface area contributed by atoms with Gasteiger partial charge in [-0.1, -0.05) is 194 Å². The molecular weight excluding hydrogens is 753 g/mol. The lowest BCUT2D eigenvalue weighted by molar-refractivity contribution is 0.769. The number of hydrogen-bond donors (Lipinski definition) is 0. The van der Waals surface area contributed by atoms with Crippen molar-refractivity contribution < 1.29 is 0 Å². The summed E-state index contributed by atoms with van der Waals surface area (Å²) in [6.45, 7) is 0. The molecule has 4 heteroatoms. The van der Waals surface area contributed by atoms with Crippen molar-refractivity contribution in [2.75, 3.05) is 0 Å². The summed E-state index contributed by atoms with van der Waals surface area (Å²) in [6, 6.07) is 82.4. The minimum absolute atomic E-state index is 0.625. The number of rotatable bonds is 7. The fourth-order valence-corrected chi connectivity index (χ4v) is 9.84. The molecule has 290 valence electrons. The van der Waals surface area contributed by atoms with E-state index in [0.29, 0.717) is 17.5 Å². The molecular formula is C58H38N4. The van der Waals surface area contributed by atoms with Crippen LogP contribution in [0.15, 0.2) is 231 Å². The Kier molecular flexibility index (Phi) is 8.36. The molecule has 0 unspecified atom stereocenters. The highest BCUT2D eigenvalue weighted by Crippen LogP contribution is 2.59. The zero-order valence-corrected chi connectivity index (χ0v) is 33.7. The van der Waals surface area contributed by atoms with Crippen molar-refractivity contribution in [3.63, 3.8) is 0 Å². The van der Waals surface area contributed by atoms with E-state index in [1.165, 1.54) is 49.6 Å². The summed E-state index contributed by atoms with van der Waals surface area (Å²) in [5, 5.41) is 2.49. The van der Waals surface area contributed by atoms with Gasteiger partial charge in [0.15, 0.2) is 17.5 Å². The quantitative estimate of drug-likeness (QED) is 0.161. The lowest BCUT2D eigenvalue weighted by Gasteiger charge is -2.34. The van der Waals surface area contributed by atoms with E-state index in [1.807, 2.05) is 36.4 Å². The van der Waals surface area contributed by atoms with Crippen LogP contribution in [0.2, 0.25) is 0 Å². The second kappa shape index (κ2) is 14.5. The first kappa shape index (κ1) is 35.7. The third kappa shape index (κ3) is 5.58. The van der Waals surface area contributed by atoms with E-state index in [2.05, 4.69) is 199 Å². The minimum Gasteiger partial charge on any atom is -0.309 e. The van der Waals surface area contributed by atoms with Crippen LogP contribution in [0.4, 0.5) is 0 Å². The fraction of sp³-hybridized carbons (Fsp3) is 0.0172. The predicted molar refractivity (Wildman–Crippen MR) is 253 cm³/mol. The van der Waals surface area contributed by atoms with Crippen LogP contribution in [0, 0.1) is 0 Å². The molecule has 9 aromatic carbocycles. The van der Waals surface area contributed by atoms with Crippen LogP contribution in [0.3, 0.4) is 0 Å². The second-order valence-corrected chi connectivity index (χ2v) is 15.9. The molecule has 0 bridgehead atoms. The van der Waals surface area contributed by atoms with Gasteiger partial charge in [0, 0.05) is 33.2 Å². The van der Waals surface area contributed by atoms with Gasteiger partial charge in [-0.15, -0.1) is 0 Å². The number of aromatic nitrogens is 4. The fourth-order valence-electron chi connectivity index (χ4n) is 9.84. The molecule has 62 heavy (non-hydrogen) atoms. The molecule has 1 aliphatic carbocycles. The number of nitrogens with zero attached hydrogens (tertiary/aromatic N) is 4. The van der Waals surface area contributed by atoms with Crippen molar-refractivity contribution in [2.45, 2.75) is 5.41 Å². The topological polar surface area (TPSA) is 43.6 Å². The highest BCUT2D eigenvalue weighted by atomic mass is 15.0. The Morgan fingerprint density at radius 2 is 0.790 bits per heavy atom. The smallest absolute Gasteiger partial charge is 0.164 e. The monoisotopic (exact) mass is 790 g/mol. The SMILES string of the molecule is c1ccc(-c2nc(-c3ccccc3)nc(-c3cc(-c4ccc(-n5c6ccccc6c6ccccc65)cc4)cc4c3-c3ccccc3C4(c3ccccc3)c3ccccc3)n2)cc1. The van der Waals surface area contributed by atoms with E-state index in [9.17, 15) is 0 Å². The van der Waals surface area contributed by atoms with Gasteiger partial charge in [0.1, 0.15) is 0 Å². The first-order chi connectivity index (χ1) is 30.8. The van der Waals surface area contributed by atoms with Crippen LogP contribution in [0.5, 0.6) is 0 Å². The van der Waals surface area contributed by atoms with E-state index in [0.717, 1.165) is 39.1 Å². The average Bonchev–Trinajstić information content (AvgIpc) is 3.86. The maximum Gasteiger partial charge on any atom is 0.164 e. The van der Waals surface area contributed by atoms with Crippen molar-refractivity contribution in [1.82, 2.24) is 19.5 Å². The van der Waals surface area contributed by atoms with Gasteiger partial charge >= 0.3 is 0 Å². The molecule has 0 aliphatic heterocycles. The van der Waals surface area contributed by atoms with Crippen LogP contribution < -0.4 is 0 Å². The molecule has 0 atom stereocenters. The number of fused-ring (bicyclic) bond motifs is 6. The first-order valence-corrected chi connectivity index (χ1v) is 21.1. The van der Waals surface area contributed by atoms with Gasteiger partial charge in [0.25, 0.3) is 0 Å². The van der Waals surface area contributed by atoms with Gasteiger partial charge in [0.2, 0.25) is 0 Å². The van der Waals surface area contributed by atoms with Crippen LogP contribution in [-0.4, -0.2) is 19.5 Å². The molecule has 12 rings (SSSR count). The summed E-state index contributed by atoms with van der Waals surface area (Å²) in [6.07, 6.45) is 0. The molecule has 11 aromatic rings. The van der Waals surface area contributed by atoms with Crippen molar-refractivity contribution in [1.29, 1.82) is 0 Å². The summed E-state index contributed by atoms with van der Waals surface area (Å²) in [5.74, 6) is 1.89. The van der Waals surface area contributed by atoms with E-state index in [4.69, 9.17) is 15.0 Å². The lowest BCUT2D eigenvalue weighted by Crippen LogP contribution is -2.28. The molecule has 0 saturated heterocycles. The van der Waals surface area contributed by atoms with Crippen molar-refractivity contribution in [2.24, 2.45) is 0 Å². The molecule has 0 amide bonds. The van der Waals surface area contributed by atoms with Gasteiger partial charge in [-0.25, -0.2) is 15.0 Å². The normalized spacial score (nSPS) is 12.6. The molecule has 2 aromatic heterocycles. The van der Waals surface area contributed by atoms with Crippen LogP contribution in [-0.2, 0) is 5.41 Å². The lowest BCUT2D eigenvalue weighted by atomic mass is 9.67. The summed E-state index contributed by atoms with van der Waals surface area (Å²) >= 11 is 0. The van der Waals surface area contributed by atoms with Crippen LogP contribution >= 0.6 is 0 Å². The van der Waals surface area contributed by atoms with E-state index >= 15 is 0 Å². The Balaban J connectivity index is 1.15. The minimum atomic E-state index is -0.625. The molecule has 0 radical (unpaired) electrons. The van der Waals surface area contributed by atoms with E-state index in [1.54, 1.807) is 0 Å². The first-order valence-electron chi connectivity index (χ1n) is 21.1. The van der Waals surface area contributed by atoms with Gasteiger partial charge in [-0.2, -0.15) is 0 Å². The molecule has 2 heterocycles. The molecule has 1 aliphatic rings. The highest BCUT2D eigenvalue weighted by Gasteiger charge is 2.47. The zero-order valence-electron chi connectivity index (χ0n) is 33.7. The van der Waals surface area contributed by atoms with Gasteiger partial charge < -0.3 is 4.57 Å². The van der Waals surface area contributed by atoms with Crippen LogP contribution in [0.1, 0.15) is 22.3 Å². The maximum absolute atomic E-state index is 5.36. The van der Waals surface area contributed by atoms with Crippen molar-refractivity contribution in [3.05, 3.63) is 253 Å². The Morgan fingerprint density at radius 1 is 0.323 bits per heavy atom. The van der Waals surface area contributed by atoms with Crippen molar-refractivity contribution >= 4 is 21.8 Å². The molecule has 0 saturated carbocycles. The Labute approximate surface area is 360 Å². The number of para-hydroxylation sites is 2. The summed E-state index contributed by atoms with van der Waals surface area (Å²) in [4.78, 5) is 15.8. The number of benzene rings is 9.